The Morgan fingerprint density at radius 1 is 1.41 bits per heavy atom. The van der Waals surface area contributed by atoms with Gasteiger partial charge in [0.05, 0.1) is 5.92 Å². The number of hydrogen-bond acceptors (Lipinski definition) is 3. The van der Waals surface area contributed by atoms with Gasteiger partial charge in [0.25, 0.3) is 0 Å². The average molecular weight is 234 g/mol. The third-order valence-electron chi connectivity index (χ3n) is 3.35. The van der Waals surface area contributed by atoms with Gasteiger partial charge in [0.15, 0.2) is 0 Å². The number of aromatic nitrogens is 1. The largest absolute Gasteiger partial charge is 0.481 e. The Morgan fingerprint density at radius 2 is 2.18 bits per heavy atom. The van der Waals surface area contributed by atoms with E-state index in [1.807, 2.05) is 24.4 Å². The zero-order valence-corrected chi connectivity index (χ0v) is 9.88. The van der Waals surface area contributed by atoms with Gasteiger partial charge in [-0.2, -0.15) is 0 Å². The number of pyridine rings is 1. The van der Waals surface area contributed by atoms with Gasteiger partial charge in [0, 0.05) is 24.9 Å². The Balaban J connectivity index is 1.74. The van der Waals surface area contributed by atoms with Gasteiger partial charge in [-0.15, -0.1) is 0 Å². The fourth-order valence-corrected chi connectivity index (χ4v) is 2.22. The molecule has 1 aromatic rings. The predicted octanol–water partition coefficient (Wildman–Crippen LogP) is 1.42. The molecule has 92 valence electrons. The summed E-state index contributed by atoms with van der Waals surface area (Å²) in [5.41, 5.74) is 1.10. The molecule has 17 heavy (non-hydrogen) atoms. The van der Waals surface area contributed by atoms with Crippen LogP contribution >= 0.6 is 0 Å². The number of rotatable bonds is 4. The van der Waals surface area contributed by atoms with Gasteiger partial charge in [-0.1, -0.05) is 6.07 Å². The summed E-state index contributed by atoms with van der Waals surface area (Å²) in [7, 11) is 0. The molecule has 0 unspecified atom stereocenters. The fraction of sp³-hybridized carbons (Fsp3) is 0.538. The van der Waals surface area contributed by atoms with E-state index in [-0.39, 0.29) is 5.92 Å². The maximum Gasteiger partial charge on any atom is 0.306 e. The van der Waals surface area contributed by atoms with E-state index in [1.165, 1.54) is 0 Å². The zero-order chi connectivity index (χ0) is 12.1. The van der Waals surface area contributed by atoms with E-state index < -0.39 is 5.97 Å². The van der Waals surface area contributed by atoms with Crippen molar-refractivity contribution in [1.29, 1.82) is 0 Å². The lowest BCUT2D eigenvalue weighted by atomic mass is 9.97. The minimum Gasteiger partial charge on any atom is -0.481 e. The SMILES string of the molecule is O=C(O)C1CCN(CCc2ccccn2)CC1. The monoisotopic (exact) mass is 234 g/mol. The number of hydrogen-bond donors (Lipinski definition) is 1. The highest BCUT2D eigenvalue weighted by atomic mass is 16.4. The molecule has 0 aromatic carbocycles. The summed E-state index contributed by atoms with van der Waals surface area (Å²) in [5, 5.41) is 8.90. The number of aliphatic carboxylic acids is 1. The molecule has 2 rings (SSSR count). The van der Waals surface area contributed by atoms with Gasteiger partial charge >= 0.3 is 5.97 Å². The van der Waals surface area contributed by atoms with Crippen molar-refractivity contribution in [2.75, 3.05) is 19.6 Å². The summed E-state index contributed by atoms with van der Waals surface area (Å²) in [6, 6.07) is 5.95. The van der Waals surface area contributed by atoms with E-state index in [2.05, 4.69) is 9.88 Å². The predicted molar refractivity (Wildman–Crippen MR) is 64.7 cm³/mol. The van der Waals surface area contributed by atoms with Crippen LogP contribution in [0.5, 0.6) is 0 Å². The number of carboxylic acids is 1. The van der Waals surface area contributed by atoms with Crippen LogP contribution in [0.1, 0.15) is 18.5 Å². The Bertz CT molecular complexity index is 359. The minimum atomic E-state index is -0.644. The van der Waals surface area contributed by atoms with E-state index in [0.717, 1.165) is 44.6 Å². The lowest BCUT2D eigenvalue weighted by Crippen LogP contribution is -2.37. The summed E-state index contributed by atoms with van der Waals surface area (Å²) in [4.78, 5) is 17.4. The van der Waals surface area contributed by atoms with Crippen LogP contribution in [0.2, 0.25) is 0 Å². The zero-order valence-electron chi connectivity index (χ0n) is 9.88. The summed E-state index contributed by atoms with van der Waals surface area (Å²) in [6.07, 6.45) is 4.31. The second-order valence-electron chi connectivity index (χ2n) is 4.53. The maximum absolute atomic E-state index is 10.8. The molecule has 1 fully saturated rings. The third-order valence-corrected chi connectivity index (χ3v) is 3.35. The highest BCUT2D eigenvalue weighted by Gasteiger charge is 2.23. The van der Waals surface area contributed by atoms with Crippen molar-refractivity contribution in [2.24, 2.45) is 5.92 Å². The normalized spacial score (nSPS) is 18.1. The van der Waals surface area contributed by atoms with Crippen molar-refractivity contribution >= 4 is 5.97 Å². The number of carboxylic acid groups (broad SMARTS) is 1. The van der Waals surface area contributed by atoms with Crippen LogP contribution in [0.3, 0.4) is 0 Å². The van der Waals surface area contributed by atoms with Crippen molar-refractivity contribution < 1.29 is 9.90 Å². The van der Waals surface area contributed by atoms with Crippen LogP contribution < -0.4 is 0 Å². The van der Waals surface area contributed by atoms with E-state index >= 15 is 0 Å². The second-order valence-corrected chi connectivity index (χ2v) is 4.53. The Kier molecular flexibility index (Phi) is 4.09. The molecule has 1 aromatic heterocycles. The van der Waals surface area contributed by atoms with Crippen molar-refractivity contribution in [3.8, 4) is 0 Å². The van der Waals surface area contributed by atoms with Crippen molar-refractivity contribution in [3.63, 3.8) is 0 Å². The molecule has 0 bridgehead atoms. The average Bonchev–Trinajstić information content (AvgIpc) is 2.38. The van der Waals surface area contributed by atoms with Crippen molar-refractivity contribution in [2.45, 2.75) is 19.3 Å². The van der Waals surface area contributed by atoms with Crippen molar-refractivity contribution in [3.05, 3.63) is 30.1 Å². The number of nitrogens with zero attached hydrogens (tertiary/aromatic N) is 2. The molecule has 0 amide bonds. The van der Waals surface area contributed by atoms with E-state index in [1.54, 1.807) is 0 Å². The Hall–Kier alpha value is -1.42. The number of likely N-dealkylation sites (tertiary alicyclic amines) is 1. The molecular formula is C13H18N2O2. The standard InChI is InChI=1S/C13H18N2O2/c16-13(17)11-4-8-15(9-5-11)10-6-12-3-1-2-7-14-12/h1-3,7,11H,4-6,8-10H2,(H,16,17). The molecule has 0 spiro atoms. The number of carbonyl (C=O) groups is 1. The Labute approximate surface area is 101 Å². The van der Waals surface area contributed by atoms with E-state index in [4.69, 9.17) is 5.11 Å². The first-order chi connectivity index (χ1) is 8.25. The summed E-state index contributed by atoms with van der Waals surface area (Å²) >= 11 is 0. The smallest absolute Gasteiger partial charge is 0.306 e. The molecule has 2 heterocycles. The number of piperidine rings is 1. The van der Waals surface area contributed by atoms with E-state index in [9.17, 15) is 4.79 Å². The van der Waals surface area contributed by atoms with Crippen LogP contribution in [0.4, 0.5) is 0 Å². The summed E-state index contributed by atoms with van der Waals surface area (Å²) in [5.74, 6) is -0.782. The van der Waals surface area contributed by atoms with Gasteiger partial charge in [0.1, 0.15) is 0 Å². The fourth-order valence-electron chi connectivity index (χ4n) is 2.22. The van der Waals surface area contributed by atoms with Gasteiger partial charge in [-0.25, -0.2) is 0 Å². The molecule has 0 atom stereocenters. The lowest BCUT2D eigenvalue weighted by molar-refractivity contribution is -0.143. The quantitative estimate of drug-likeness (QED) is 0.856. The highest BCUT2D eigenvalue weighted by Crippen LogP contribution is 2.17. The summed E-state index contributed by atoms with van der Waals surface area (Å²) in [6.45, 7) is 2.76. The summed E-state index contributed by atoms with van der Waals surface area (Å²) < 4.78 is 0. The second kappa shape index (κ2) is 5.77. The van der Waals surface area contributed by atoms with Crippen LogP contribution in [0, 0.1) is 5.92 Å². The molecular weight excluding hydrogens is 216 g/mol. The van der Waals surface area contributed by atoms with Crippen molar-refractivity contribution in [1.82, 2.24) is 9.88 Å². The first kappa shape index (κ1) is 12.0. The molecule has 1 N–H and O–H groups in total. The lowest BCUT2D eigenvalue weighted by Gasteiger charge is -2.29. The molecule has 0 aliphatic carbocycles. The van der Waals surface area contributed by atoms with Crippen LogP contribution in [-0.4, -0.2) is 40.6 Å². The van der Waals surface area contributed by atoms with Crippen LogP contribution in [-0.2, 0) is 11.2 Å². The molecule has 4 nitrogen and oxygen atoms in total. The van der Waals surface area contributed by atoms with Crippen LogP contribution in [0.25, 0.3) is 0 Å². The van der Waals surface area contributed by atoms with Gasteiger partial charge in [-0.3, -0.25) is 9.78 Å². The van der Waals surface area contributed by atoms with Gasteiger partial charge < -0.3 is 10.0 Å². The molecule has 1 aliphatic rings. The molecule has 1 saturated heterocycles. The minimum absolute atomic E-state index is 0.138. The third kappa shape index (κ3) is 3.53. The molecule has 0 saturated carbocycles. The van der Waals surface area contributed by atoms with Gasteiger partial charge in [0.2, 0.25) is 0 Å². The van der Waals surface area contributed by atoms with E-state index in [0.29, 0.717) is 0 Å². The highest BCUT2D eigenvalue weighted by molar-refractivity contribution is 5.70. The molecule has 1 aliphatic heterocycles. The molecule has 0 radical (unpaired) electrons. The van der Waals surface area contributed by atoms with Crippen LogP contribution in [0.15, 0.2) is 24.4 Å². The first-order valence-corrected chi connectivity index (χ1v) is 6.11. The first-order valence-electron chi connectivity index (χ1n) is 6.11. The topological polar surface area (TPSA) is 53.4 Å². The Morgan fingerprint density at radius 3 is 2.76 bits per heavy atom. The maximum atomic E-state index is 10.8. The van der Waals surface area contributed by atoms with Gasteiger partial charge in [-0.05, 0) is 38.1 Å². The molecule has 4 heteroatoms.